The Balaban J connectivity index is 1.50. The molecule has 1 aliphatic heterocycles. The summed E-state index contributed by atoms with van der Waals surface area (Å²) in [6, 6.07) is 0.268. The second-order valence-corrected chi connectivity index (χ2v) is 6.49. The van der Waals surface area contributed by atoms with E-state index in [1.54, 1.807) is 14.2 Å². The Hall–Kier alpha value is -2.42. The fourth-order valence-electron chi connectivity index (χ4n) is 3.22. The number of aliphatic imine (C=N–C) groups is 1. The van der Waals surface area contributed by atoms with Crippen molar-refractivity contribution in [3.05, 3.63) is 28.7 Å². The van der Waals surface area contributed by atoms with E-state index in [1.165, 1.54) is 0 Å². The third-order valence-corrected chi connectivity index (χ3v) is 4.59. The summed E-state index contributed by atoms with van der Waals surface area (Å²) in [5.74, 6) is 3.44. The average molecular weight is 361 g/mol. The van der Waals surface area contributed by atoms with E-state index in [0.717, 1.165) is 67.0 Å². The van der Waals surface area contributed by atoms with Gasteiger partial charge in [-0.2, -0.15) is 5.10 Å². The molecule has 2 aromatic rings. The van der Waals surface area contributed by atoms with Crippen LogP contribution in [0.1, 0.15) is 35.1 Å². The molecule has 0 saturated carbocycles. The van der Waals surface area contributed by atoms with Gasteiger partial charge in [0.15, 0.2) is 11.8 Å². The molecule has 3 heterocycles. The zero-order valence-electron chi connectivity index (χ0n) is 15.9. The van der Waals surface area contributed by atoms with Crippen molar-refractivity contribution in [2.75, 3.05) is 20.7 Å². The normalized spacial score (nSPS) is 17.2. The molecule has 0 radical (unpaired) electrons. The van der Waals surface area contributed by atoms with Crippen LogP contribution in [-0.2, 0) is 30.7 Å². The highest BCUT2D eigenvalue weighted by molar-refractivity contribution is 5.79. The molecule has 0 fully saturated rings. The molecule has 2 N–H and O–H groups in total. The van der Waals surface area contributed by atoms with Gasteiger partial charge >= 0.3 is 0 Å². The van der Waals surface area contributed by atoms with Crippen molar-refractivity contribution in [3.63, 3.8) is 0 Å². The molecule has 0 aliphatic carbocycles. The van der Waals surface area contributed by atoms with Gasteiger partial charge in [0.25, 0.3) is 0 Å². The zero-order chi connectivity index (χ0) is 18.5. The number of nitrogens with zero attached hydrogens (tertiary/aromatic N) is 5. The number of ether oxygens (including phenoxy) is 1. The number of guanidine groups is 1. The molecule has 0 spiro atoms. The third kappa shape index (κ3) is 4.21. The first-order valence-corrected chi connectivity index (χ1v) is 8.91. The molecule has 1 aliphatic rings. The molecule has 3 rings (SSSR count). The number of fused-ring (bicyclic) bond motifs is 1. The fourth-order valence-corrected chi connectivity index (χ4v) is 3.22. The summed E-state index contributed by atoms with van der Waals surface area (Å²) in [6.07, 6.45) is 2.74. The summed E-state index contributed by atoms with van der Waals surface area (Å²) in [5, 5.41) is 15.3. The lowest BCUT2D eigenvalue weighted by atomic mass is 10.1. The van der Waals surface area contributed by atoms with Gasteiger partial charge in [0.05, 0.1) is 12.2 Å². The van der Waals surface area contributed by atoms with E-state index in [-0.39, 0.29) is 6.04 Å². The minimum absolute atomic E-state index is 0.268. The van der Waals surface area contributed by atoms with Crippen LogP contribution in [0, 0.1) is 13.8 Å². The second-order valence-electron chi connectivity index (χ2n) is 6.49. The maximum absolute atomic E-state index is 5.21. The molecule has 0 amide bonds. The first kappa shape index (κ1) is 18.4. The van der Waals surface area contributed by atoms with E-state index in [9.17, 15) is 0 Å². The lowest BCUT2D eigenvalue weighted by Gasteiger charge is -2.25. The van der Waals surface area contributed by atoms with Crippen LogP contribution in [0.15, 0.2) is 9.52 Å². The van der Waals surface area contributed by atoms with Crippen LogP contribution in [-0.4, -0.2) is 52.6 Å². The maximum atomic E-state index is 5.21. The molecule has 9 nitrogen and oxygen atoms in total. The van der Waals surface area contributed by atoms with E-state index < -0.39 is 0 Å². The number of aromatic nitrogens is 4. The number of aryl methyl sites for hydroxylation is 3. The molecular formula is C17H27N7O2. The smallest absolute Gasteiger partial charge is 0.191 e. The van der Waals surface area contributed by atoms with Crippen LogP contribution in [0.5, 0.6) is 0 Å². The lowest BCUT2D eigenvalue weighted by Crippen LogP contribution is -2.47. The Labute approximate surface area is 153 Å². The summed E-state index contributed by atoms with van der Waals surface area (Å²) in [7, 11) is 3.44. The van der Waals surface area contributed by atoms with Gasteiger partial charge in [0.2, 0.25) is 0 Å². The average Bonchev–Trinajstić information content (AvgIpc) is 3.17. The molecule has 26 heavy (non-hydrogen) atoms. The Morgan fingerprint density at radius 3 is 2.96 bits per heavy atom. The minimum atomic E-state index is 0.268. The predicted molar refractivity (Wildman–Crippen MR) is 97.0 cm³/mol. The summed E-state index contributed by atoms with van der Waals surface area (Å²) in [6.45, 7) is 5.90. The van der Waals surface area contributed by atoms with E-state index >= 15 is 0 Å². The largest absolute Gasteiger partial charge is 0.377 e. The number of nitrogens with one attached hydrogen (secondary N) is 2. The van der Waals surface area contributed by atoms with Crippen LogP contribution in [0.3, 0.4) is 0 Å². The van der Waals surface area contributed by atoms with Crippen molar-refractivity contribution in [2.45, 2.75) is 52.3 Å². The Morgan fingerprint density at radius 1 is 1.42 bits per heavy atom. The predicted octanol–water partition coefficient (Wildman–Crippen LogP) is 0.752. The number of methoxy groups -OCH3 is 1. The minimum Gasteiger partial charge on any atom is -0.377 e. The van der Waals surface area contributed by atoms with Gasteiger partial charge in [-0.25, -0.2) is 9.67 Å². The maximum Gasteiger partial charge on any atom is 0.191 e. The van der Waals surface area contributed by atoms with Gasteiger partial charge in [0.1, 0.15) is 18.2 Å². The molecule has 0 bridgehead atoms. The van der Waals surface area contributed by atoms with E-state index in [4.69, 9.17) is 9.26 Å². The fraction of sp³-hybridized carbons (Fsp3) is 0.647. The van der Waals surface area contributed by atoms with Crippen molar-refractivity contribution in [2.24, 2.45) is 4.99 Å². The standard InChI is InChI=1S/C17H27N7O2/c1-11-14(12(2)26-23-11)7-8-19-17(18-3)20-13-5-6-16-21-15(10-25-4)22-24(16)9-13/h13H,5-10H2,1-4H3,(H2,18,19,20). The second kappa shape index (κ2) is 8.31. The monoisotopic (exact) mass is 361 g/mol. The molecule has 9 heteroatoms. The first-order valence-electron chi connectivity index (χ1n) is 8.91. The van der Waals surface area contributed by atoms with Crippen molar-refractivity contribution < 1.29 is 9.26 Å². The first-order chi connectivity index (χ1) is 12.6. The molecule has 1 atom stereocenters. The SMILES string of the molecule is CN=C(NCCc1c(C)noc1C)NC1CCc2nc(COC)nn2C1. The summed E-state index contributed by atoms with van der Waals surface area (Å²) in [5.41, 5.74) is 2.11. The summed E-state index contributed by atoms with van der Waals surface area (Å²) >= 11 is 0. The van der Waals surface area contributed by atoms with E-state index in [1.807, 2.05) is 18.5 Å². The molecule has 1 unspecified atom stereocenters. The Morgan fingerprint density at radius 2 is 2.27 bits per heavy atom. The van der Waals surface area contributed by atoms with Gasteiger partial charge in [-0.15, -0.1) is 0 Å². The van der Waals surface area contributed by atoms with Crippen LogP contribution < -0.4 is 10.6 Å². The van der Waals surface area contributed by atoms with Gasteiger partial charge in [-0.3, -0.25) is 4.99 Å². The molecular weight excluding hydrogens is 334 g/mol. The molecule has 0 aromatic carbocycles. The molecule has 0 saturated heterocycles. The Bertz CT molecular complexity index is 746. The molecule has 142 valence electrons. The van der Waals surface area contributed by atoms with Gasteiger partial charge in [-0.05, 0) is 26.7 Å². The van der Waals surface area contributed by atoms with Crippen molar-refractivity contribution >= 4 is 5.96 Å². The number of hydrogen-bond donors (Lipinski definition) is 2. The topological polar surface area (TPSA) is 102 Å². The van der Waals surface area contributed by atoms with Gasteiger partial charge < -0.3 is 19.9 Å². The van der Waals surface area contributed by atoms with Crippen molar-refractivity contribution in [3.8, 4) is 0 Å². The quantitative estimate of drug-likeness (QED) is 0.578. The third-order valence-electron chi connectivity index (χ3n) is 4.59. The number of hydrogen-bond acceptors (Lipinski definition) is 6. The highest BCUT2D eigenvalue weighted by Crippen LogP contribution is 2.14. The van der Waals surface area contributed by atoms with E-state index in [2.05, 4.69) is 30.9 Å². The van der Waals surface area contributed by atoms with Crippen LogP contribution in [0.4, 0.5) is 0 Å². The Kier molecular flexibility index (Phi) is 5.87. The zero-order valence-corrected chi connectivity index (χ0v) is 15.9. The van der Waals surface area contributed by atoms with Crippen LogP contribution >= 0.6 is 0 Å². The van der Waals surface area contributed by atoms with Gasteiger partial charge in [-0.1, -0.05) is 5.16 Å². The lowest BCUT2D eigenvalue weighted by molar-refractivity contribution is 0.177. The highest BCUT2D eigenvalue weighted by atomic mass is 16.5. The van der Waals surface area contributed by atoms with Crippen molar-refractivity contribution in [1.29, 1.82) is 0 Å². The van der Waals surface area contributed by atoms with Crippen LogP contribution in [0.2, 0.25) is 0 Å². The van der Waals surface area contributed by atoms with Crippen LogP contribution in [0.25, 0.3) is 0 Å². The summed E-state index contributed by atoms with van der Waals surface area (Å²) < 4.78 is 12.3. The van der Waals surface area contributed by atoms with Gasteiger partial charge in [0, 0.05) is 38.7 Å². The van der Waals surface area contributed by atoms with E-state index in [0.29, 0.717) is 6.61 Å². The van der Waals surface area contributed by atoms with Crippen molar-refractivity contribution in [1.82, 2.24) is 30.6 Å². The molecule has 2 aromatic heterocycles. The summed E-state index contributed by atoms with van der Waals surface area (Å²) in [4.78, 5) is 8.83. The number of rotatable bonds is 6. The highest BCUT2D eigenvalue weighted by Gasteiger charge is 2.22.